The highest BCUT2D eigenvalue weighted by molar-refractivity contribution is 6.12. The normalized spacial score (nSPS) is 11.9. The van der Waals surface area contributed by atoms with Crippen molar-refractivity contribution in [2.75, 3.05) is 0 Å². The highest BCUT2D eigenvalue weighted by atomic mass is 16.3. The molecule has 0 aliphatic heterocycles. The average Bonchev–Trinajstić information content (AvgIpc) is 3.05. The number of hydrogen-bond donors (Lipinski definition) is 0. The summed E-state index contributed by atoms with van der Waals surface area (Å²) in [6, 6.07) is 3.41. The third kappa shape index (κ3) is 3.26. The van der Waals surface area contributed by atoms with Crippen molar-refractivity contribution in [3.63, 3.8) is 0 Å². The number of nitrogens with zero attached hydrogens (tertiary/aromatic N) is 3. The molecule has 2 heterocycles. The Kier molecular flexibility index (Phi) is 4.33. The van der Waals surface area contributed by atoms with Gasteiger partial charge in [0.25, 0.3) is 0 Å². The number of ketones is 2. The van der Waals surface area contributed by atoms with Crippen molar-refractivity contribution in [3.8, 4) is 6.07 Å². The molecule has 0 spiro atoms. The molecule has 0 unspecified atom stereocenters. The third-order valence-electron chi connectivity index (χ3n) is 3.22. The summed E-state index contributed by atoms with van der Waals surface area (Å²) < 4.78 is 6.70. The molecule has 21 heavy (non-hydrogen) atoms. The summed E-state index contributed by atoms with van der Waals surface area (Å²) in [6.07, 6.45) is 5.40. The smallest absolute Gasteiger partial charge is 0.222 e. The van der Waals surface area contributed by atoms with Crippen molar-refractivity contribution < 1.29 is 14.0 Å². The van der Waals surface area contributed by atoms with Gasteiger partial charge in [-0.05, 0) is 30.5 Å². The monoisotopic (exact) mass is 285 g/mol. The van der Waals surface area contributed by atoms with E-state index in [4.69, 9.17) is 9.68 Å². The van der Waals surface area contributed by atoms with E-state index in [2.05, 4.69) is 5.10 Å². The van der Waals surface area contributed by atoms with Crippen LogP contribution in [0.1, 0.15) is 28.1 Å². The zero-order chi connectivity index (χ0) is 15.4. The van der Waals surface area contributed by atoms with E-state index in [1.807, 2.05) is 0 Å². The number of nitriles is 1. The molecule has 0 saturated carbocycles. The molecule has 0 saturated heterocycles. The standard InChI is InChI=1S/C15H15N3O3/c1-10-5-6-21-15(10)14(20)12(7-16)13(19)4-3-11-8-17-18(2)9-11/h5-6,8-9,12H,3-4H2,1-2H3/t12-/m0/s1. The van der Waals surface area contributed by atoms with Crippen molar-refractivity contribution in [2.24, 2.45) is 13.0 Å². The van der Waals surface area contributed by atoms with Crippen LogP contribution in [0, 0.1) is 24.2 Å². The first-order chi connectivity index (χ1) is 10.0. The van der Waals surface area contributed by atoms with Crippen LogP contribution >= 0.6 is 0 Å². The van der Waals surface area contributed by atoms with Crippen LogP contribution in [0.5, 0.6) is 0 Å². The number of carbonyl (C=O) groups is 2. The SMILES string of the molecule is Cc1ccoc1C(=O)[C@@H](C#N)C(=O)CCc1cnn(C)c1. The first-order valence-corrected chi connectivity index (χ1v) is 6.51. The molecule has 0 aliphatic rings. The lowest BCUT2D eigenvalue weighted by Crippen LogP contribution is -2.23. The average molecular weight is 285 g/mol. The number of aromatic nitrogens is 2. The van der Waals surface area contributed by atoms with Crippen LogP contribution < -0.4 is 0 Å². The molecule has 0 bridgehead atoms. The Balaban J connectivity index is 2.04. The quantitative estimate of drug-likeness (QED) is 0.597. The highest BCUT2D eigenvalue weighted by Gasteiger charge is 2.30. The number of aryl methyl sites for hydroxylation is 3. The van der Waals surface area contributed by atoms with Gasteiger partial charge in [0.1, 0.15) is 0 Å². The van der Waals surface area contributed by atoms with Gasteiger partial charge in [0, 0.05) is 19.7 Å². The van der Waals surface area contributed by atoms with E-state index in [0.717, 1.165) is 5.56 Å². The lowest BCUT2D eigenvalue weighted by Gasteiger charge is -2.05. The molecule has 108 valence electrons. The minimum atomic E-state index is -1.31. The Labute approximate surface area is 122 Å². The number of rotatable bonds is 6. The second kappa shape index (κ2) is 6.18. The second-order valence-corrected chi connectivity index (χ2v) is 4.85. The molecule has 0 amide bonds. The Bertz CT molecular complexity index is 706. The van der Waals surface area contributed by atoms with E-state index >= 15 is 0 Å². The molecule has 6 nitrogen and oxygen atoms in total. The van der Waals surface area contributed by atoms with Crippen LogP contribution in [0.2, 0.25) is 0 Å². The minimum absolute atomic E-state index is 0.0799. The van der Waals surface area contributed by atoms with Crippen LogP contribution in [-0.2, 0) is 18.3 Å². The Morgan fingerprint density at radius 2 is 2.29 bits per heavy atom. The summed E-state index contributed by atoms with van der Waals surface area (Å²) in [6.45, 7) is 1.70. The van der Waals surface area contributed by atoms with Crippen LogP contribution in [0.4, 0.5) is 0 Å². The van der Waals surface area contributed by atoms with E-state index in [9.17, 15) is 9.59 Å². The Morgan fingerprint density at radius 3 is 2.81 bits per heavy atom. The van der Waals surface area contributed by atoms with Gasteiger partial charge >= 0.3 is 0 Å². The van der Waals surface area contributed by atoms with Gasteiger partial charge in [0.05, 0.1) is 18.5 Å². The molecule has 2 aromatic rings. The predicted molar refractivity (Wildman–Crippen MR) is 73.4 cm³/mol. The summed E-state index contributed by atoms with van der Waals surface area (Å²) >= 11 is 0. The molecule has 2 rings (SSSR count). The lowest BCUT2D eigenvalue weighted by molar-refractivity contribution is -0.120. The summed E-state index contributed by atoms with van der Waals surface area (Å²) in [5, 5.41) is 13.1. The minimum Gasteiger partial charge on any atom is -0.461 e. The fourth-order valence-electron chi connectivity index (χ4n) is 2.05. The Morgan fingerprint density at radius 1 is 1.52 bits per heavy atom. The van der Waals surface area contributed by atoms with Gasteiger partial charge in [-0.25, -0.2) is 0 Å². The fourth-order valence-corrected chi connectivity index (χ4v) is 2.05. The van der Waals surface area contributed by atoms with E-state index in [1.165, 1.54) is 6.26 Å². The van der Waals surface area contributed by atoms with Crippen molar-refractivity contribution in [2.45, 2.75) is 19.8 Å². The lowest BCUT2D eigenvalue weighted by atomic mass is 9.94. The third-order valence-corrected chi connectivity index (χ3v) is 3.22. The molecule has 0 radical (unpaired) electrons. The van der Waals surface area contributed by atoms with Crippen LogP contribution in [-0.4, -0.2) is 21.3 Å². The second-order valence-electron chi connectivity index (χ2n) is 4.85. The molecular formula is C15H15N3O3. The van der Waals surface area contributed by atoms with E-state index in [-0.39, 0.29) is 12.2 Å². The molecule has 0 fully saturated rings. The van der Waals surface area contributed by atoms with Gasteiger partial charge in [-0.15, -0.1) is 0 Å². The zero-order valence-corrected chi connectivity index (χ0v) is 11.9. The highest BCUT2D eigenvalue weighted by Crippen LogP contribution is 2.17. The fraction of sp³-hybridized carbons (Fsp3) is 0.333. The van der Waals surface area contributed by atoms with Crippen molar-refractivity contribution in [1.82, 2.24) is 9.78 Å². The van der Waals surface area contributed by atoms with Crippen LogP contribution in [0.15, 0.2) is 29.1 Å². The van der Waals surface area contributed by atoms with Gasteiger partial charge in [-0.1, -0.05) is 0 Å². The molecule has 0 aromatic carbocycles. The van der Waals surface area contributed by atoms with Gasteiger partial charge in [0.2, 0.25) is 5.78 Å². The van der Waals surface area contributed by atoms with Crippen molar-refractivity contribution in [3.05, 3.63) is 41.6 Å². The number of furan rings is 1. The van der Waals surface area contributed by atoms with Gasteiger partial charge in [0.15, 0.2) is 17.5 Å². The Hall–Kier alpha value is -2.68. The molecule has 6 heteroatoms. The van der Waals surface area contributed by atoms with E-state index < -0.39 is 17.5 Å². The van der Waals surface area contributed by atoms with Gasteiger partial charge < -0.3 is 4.42 Å². The van der Waals surface area contributed by atoms with Crippen LogP contribution in [0.3, 0.4) is 0 Å². The summed E-state index contributed by atoms with van der Waals surface area (Å²) in [4.78, 5) is 24.3. The summed E-state index contributed by atoms with van der Waals surface area (Å²) in [5.74, 6) is -2.21. The molecule has 0 N–H and O–H groups in total. The summed E-state index contributed by atoms with van der Waals surface area (Å²) in [5.41, 5.74) is 1.52. The van der Waals surface area contributed by atoms with Crippen molar-refractivity contribution in [1.29, 1.82) is 5.26 Å². The topological polar surface area (TPSA) is 88.9 Å². The predicted octanol–water partition coefficient (Wildman–Crippen LogP) is 1.85. The zero-order valence-electron chi connectivity index (χ0n) is 11.9. The van der Waals surface area contributed by atoms with Gasteiger partial charge in [-0.3, -0.25) is 14.3 Å². The molecule has 1 atom stereocenters. The van der Waals surface area contributed by atoms with Crippen LogP contribution in [0.25, 0.3) is 0 Å². The molecule has 0 aliphatic carbocycles. The molecular weight excluding hydrogens is 270 g/mol. The number of Topliss-reactive ketones (excluding diaryl/α,β-unsaturated/α-hetero) is 2. The largest absolute Gasteiger partial charge is 0.461 e. The van der Waals surface area contributed by atoms with Gasteiger partial charge in [-0.2, -0.15) is 10.4 Å². The summed E-state index contributed by atoms with van der Waals surface area (Å²) in [7, 11) is 1.78. The maximum atomic E-state index is 12.2. The number of carbonyl (C=O) groups excluding carboxylic acids is 2. The maximum absolute atomic E-state index is 12.2. The molecule has 2 aromatic heterocycles. The maximum Gasteiger partial charge on any atom is 0.222 e. The number of hydrogen-bond acceptors (Lipinski definition) is 5. The first-order valence-electron chi connectivity index (χ1n) is 6.51. The van der Waals surface area contributed by atoms with Crippen molar-refractivity contribution >= 4 is 11.6 Å². The van der Waals surface area contributed by atoms with E-state index in [1.54, 1.807) is 43.2 Å². The van der Waals surface area contributed by atoms with E-state index in [0.29, 0.717) is 12.0 Å². The first kappa shape index (κ1) is 14.7.